The van der Waals surface area contributed by atoms with Gasteiger partial charge in [-0.05, 0) is 43.5 Å². The fourth-order valence-electron chi connectivity index (χ4n) is 1.96. The molecular weight excluding hydrogens is 236 g/mol. The largest absolute Gasteiger partial charge is 0.393 e. The molecule has 0 aliphatic rings. The van der Waals surface area contributed by atoms with Crippen LogP contribution in [0.25, 0.3) is 0 Å². The molecule has 1 rings (SSSR count). The molecule has 0 aliphatic carbocycles. The molecule has 0 bridgehead atoms. The topological polar surface area (TPSA) is 35.5 Å². The summed E-state index contributed by atoms with van der Waals surface area (Å²) in [6.07, 6.45) is 0.591. The third-order valence-corrected chi connectivity index (χ3v) is 3.57. The smallest absolute Gasteiger partial charge is 0.0575 e. The number of rotatable bonds is 7. The quantitative estimate of drug-likeness (QED) is 0.795. The maximum Gasteiger partial charge on any atom is 0.0575 e. The van der Waals surface area contributed by atoms with Crippen molar-refractivity contribution >= 4 is 5.69 Å². The molecule has 0 saturated carbocycles. The van der Waals surface area contributed by atoms with Gasteiger partial charge >= 0.3 is 0 Å². The average molecular weight is 264 g/mol. The Labute approximate surface area is 117 Å². The van der Waals surface area contributed by atoms with Gasteiger partial charge in [0.15, 0.2) is 0 Å². The molecule has 0 aromatic heterocycles. The van der Waals surface area contributed by atoms with Crippen LogP contribution in [0.4, 0.5) is 5.69 Å². The highest BCUT2D eigenvalue weighted by Gasteiger charge is 2.10. The zero-order valence-corrected chi connectivity index (χ0v) is 12.9. The van der Waals surface area contributed by atoms with Crippen LogP contribution in [0.15, 0.2) is 24.3 Å². The van der Waals surface area contributed by atoms with E-state index in [0.29, 0.717) is 12.0 Å². The summed E-state index contributed by atoms with van der Waals surface area (Å²) in [7, 11) is 4.09. The van der Waals surface area contributed by atoms with Gasteiger partial charge in [-0.3, -0.25) is 0 Å². The summed E-state index contributed by atoms with van der Waals surface area (Å²) in [6, 6.07) is 8.90. The van der Waals surface area contributed by atoms with E-state index in [0.717, 1.165) is 13.0 Å². The van der Waals surface area contributed by atoms with Crippen LogP contribution in [0, 0.1) is 5.92 Å². The first-order valence-corrected chi connectivity index (χ1v) is 7.10. The minimum Gasteiger partial charge on any atom is -0.393 e. The maximum absolute atomic E-state index is 9.76. The van der Waals surface area contributed by atoms with E-state index >= 15 is 0 Å². The van der Waals surface area contributed by atoms with E-state index < -0.39 is 0 Å². The van der Waals surface area contributed by atoms with Crippen LogP contribution in [0.2, 0.25) is 0 Å². The Morgan fingerprint density at radius 2 is 1.68 bits per heavy atom. The molecule has 3 nitrogen and oxygen atoms in total. The highest BCUT2D eigenvalue weighted by molar-refractivity contribution is 5.46. The van der Waals surface area contributed by atoms with Gasteiger partial charge in [-0.15, -0.1) is 0 Å². The van der Waals surface area contributed by atoms with Crippen LogP contribution < -0.4 is 10.2 Å². The molecule has 3 heteroatoms. The minimum absolute atomic E-state index is 0.212. The third-order valence-electron chi connectivity index (χ3n) is 3.57. The SMILES string of the molecule is CC(NCCC(O)C(C)C)c1ccc(N(C)C)cc1. The number of aliphatic hydroxyl groups excluding tert-OH is 1. The maximum atomic E-state index is 9.76. The zero-order chi connectivity index (χ0) is 14.4. The second kappa shape index (κ2) is 7.51. The molecule has 1 aromatic rings. The van der Waals surface area contributed by atoms with Gasteiger partial charge in [-0.25, -0.2) is 0 Å². The first-order valence-electron chi connectivity index (χ1n) is 7.10. The predicted octanol–water partition coefficient (Wildman–Crippen LogP) is 2.81. The second-order valence-electron chi connectivity index (χ2n) is 5.76. The van der Waals surface area contributed by atoms with Crippen molar-refractivity contribution in [2.24, 2.45) is 5.92 Å². The number of nitrogens with zero attached hydrogens (tertiary/aromatic N) is 1. The fourth-order valence-corrected chi connectivity index (χ4v) is 1.96. The lowest BCUT2D eigenvalue weighted by molar-refractivity contribution is 0.115. The van der Waals surface area contributed by atoms with Crippen LogP contribution in [-0.4, -0.2) is 31.9 Å². The number of benzene rings is 1. The lowest BCUT2D eigenvalue weighted by Gasteiger charge is -2.19. The van der Waals surface area contributed by atoms with Crippen molar-refractivity contribution in [2.45, 2.75) is 39.3 Å². The van der Waals surface area contributed by atoms with Gasteiger partial charge in [0.2, 0.25) is 0 Å². The lowest BCUT2D eigenvalue weighted by Crippen LogP contribution is -2.25. The zero-order valence-electron chi connectivity index (χ0n) is 12.9. The standard InChI is InChI=1S/C16H28N2O/c1-12(2)16(19)10-11-17-13(3)14-6-8-15(9-7-14)18(4)5/h6-9,12-13,16-17,19H,10-11H2,1-5H3. The number of nitrogens with one attached hydrogen (secondary N) is 1. The fraction of sp³-hybridized carbons (Fsp3) is 0.625. The highest BCUT2D eigenvalue weighted by Crippen LogP contribution is 2.17. The van der Waals surface area contributed by atoms with E-state index in [1.807, 2.05) is 27.9 Å². The van der Waals surface area contributed by atoms with Crippen LogP contribution >= 0.6 is 0 Å². The Bertz CT molecular complexity index is 360. The van der Waals surface area contributed by atoms with Gasteiger partial charge in [0.25, 0.3) is 0 Å². The van der Waals surface area contributed by atoms with Crippen molar-refractivity contribution in [3.8, 4) is 0 Å². The van der Waals surface area contributed by atoms with Crippen molar-refractivity contribution in [2.75, 3.05) is 25.5 Å². The monoisotopic (exact) mass is 264 g/mol. The Morgan fingerprint density at radius 3 is 2.16 bits per heavy atom. The molecule has 0 heterocycles. The molecule has 2 N–H and O–H groups in total. The molecule has 0 aliphatic heterocycles. The van der Waals surface area contributed by atoms with Crippen molar-refractivity contribution in [3.63, 3.8) is 0 Å². The minimum atomic E-state index is -0.212. The van der Waals surface area contributed by atoms with E-state index in [1.54, 1.807) is 0 Å². The molecular formula is C16H28N2O. The number of anilines is 1. The van der Waals surface area contributed by atoms with Gasteiger partial charge in [0.05, 0.1) is 6.10 Å². The molecule has 0 saturated heterocycles. The van der Waals surface area contributed by atoms with Crippen molar-refractivity contribution in [1.29, 1.82) is 0 Å². The Hall–Kier alpha value is -1.06. The normalized spacial score (nSPS) is 14.5. The molecule has 0 radical (unpaired) electrons. The molecule has 108 valence electrons. The van der Waals surface area contributed by atoms with Crippen molar-refractivity contribution < 1.29 is 5.11 Å². The summed E-state index contributed by atoms with van der Waals surface area (Å²) in [5.74, 6) is 0.330. The Morgan fingerprint density at radius 1 is 1.11 bits per heavy atom. The molecule has 19 heavy (non-hydrogen) atoms. The summed E-state index contributed by atoms with van der Waals surface area (Å²) < 4.78 is 0. The highest BCUT2D eigenvalue weighted by atomic mass is 16.3. The van der Waals surface area contributed by atoms with Gasteiger partial charge < -0.3 is 15.3 Å². The van der Waals surface area contributed by atoms with E-state index in [9.17, 15) is 5.11 Å². The predicted molar refractivity (Wildman–Crippen MR) is 82.6 cm³/mol. The van der Waals surface area contributed by atoms with Gasteiger partial charge in [-0.2, -0.15) is 0 Å². The summed E-state index contributed by atoms with van der Waals surface area (Å²) >= 11 is 0. The number of aliphatic hydroxyl groups is 1. The molecule has 2 unspecified atom stereocenters. The molecule has 0 fully saturated rings. The van der Waals surface area contributed by atoms with Crippen LogP contribution in [-0.2, 0) is 0 Å². The molecule has 2 atom stereocenters. The molecule has 0 spiro atoms. The summed E-state index contributed by atoms with van der Waals surface area (Å²) in [4.78, 5) is 2.10. The van der Waals surface area contributed by atoms with Gasteiger partial charge in [0.1, 0.15) is 0 Å². The van der Waals surface area contributed by atoms with Crippen LogP contribution in [0.3, 0.4) is 0 Å². The third kappa shape index (κ3) is 5.21. The van der Waals surface area contributed by atoms with Gasteiger partial charge in [0, 0.05) is 25.8 Å². The Kier molecular flexibility index (Phi) is 6.32. The van der Waals surface area contributed by atoms with Crippen molar-refractivity contribution in [3.05, 3.63) is 29.8 Å². The average Bonchev–Trinajstić information content (AvgIpc) is 2.38. The summed E-state index contributed by atoms with van der Waals surface area (Å²) in [5, 5.41) is 13.2. The van der Waals surface area contributed by atoms with Crippen LogP contribution in [0.5, 0.6) is 0 Å². The lowest BCUT2D eigenvalue weighted by atomic mass is 10.0. The number of hydrogen-bond acceptors (Lipinski definition) is 3. The van der Waals surface area contributed by atoms with Crippen molar-refractivity contribution in [1.82, 2.24) is 5.32 Å². The second-order valence-corrected chi connectivity index (χ2v) is 5.76. The Balaban J connectivity index is 2.43. The van der Waals surface area contributed by atoms with E-state index in [-0.39, 0.29) is 6.10 Å². The number of hydrogen-bond donors (Lipinski definition) is 2. The van der Waals surface area contributed by atoms with E-state index in [1.165, 1.54) is 11.3 Å². The van der Waals surface area contributed by atoms with Gasteiger partial charge in [-0.1, -0.05) is 26.0 Å². The first-order chi connectivity index (χ1) is 8.91. The summed E-state index contributed by atoms with van der Waals surface area (Å²) in [5.41, 5.74) is 2.50. The van der Waals surface area contributed by atoms with E-state index in [4.69, 9.17) is 0 Å². The molecule has 1 aromatic carbocycles. The molecule has 0 amide bonds. The summed E-state index contributed by atoms with van der Waals surface area (Å²) in [6.45, 7) is 7.10. The van der Waals surface area contributed by atoms with E-state index in [2.05, 4.69) is 41.4 Å². The first kappa shape index (κ1) is 16.0. The van der Waals surface area contributed by atoms with Crippen LogP contribution in [0.1, 0.15) is 38.8 Å².